The lowest BCUT2D eigenvalue weighted by molar-refractivity contribution is -0.0649. The first kappa shape index (κ1) is 30.3. The first-order valence-electron chi connectivity index (χ1n) is 12.7. The number of amides is 2. The van der Waals surface area contributed by atoms with Crippen LogP contribution < -0.4 is 11.1 Å². The van der Waals surface area contributed by atoms with E-state index < -0.39 is 50.8 Å². The summed E-state index contributed by atoms with van der Waals surface area (Å²) in [5.74, 6) is 0. The second-order valence-corrected chi connectivity index (χ2v) is 24.3. The Morgan fingerprint density at radius 2 is 1.70 bits per heavy atom. The molecule has 212 valence electrons. The molecule has 0 bridgehead atoms. The number of ether oxygens (including phenoxy) is 1. The summed E-state index contributed by atoms with van der Waals surface area (Å²) in [5.41, 5.74) is 5.69. The minimum absolute atomic E-state index is 0.0133. The third-order valence-electron chi connectivity index (χ3n) is 8.46. The average Bonchev–Trinajstić information content (AvgIpc) is 3.13. The van der Waals surface area contributed by atoms with Crippen LogP contribution in [0, 0.1) is 0 Å². The molecule has 1 unspecified atom stereocenters. The summed E-state index contributed by atoms with van der Waals surface area (Å²) >= 11 is 0. The molecule has 3 heterocycles. The van der Waals surface area contributed by atoms with Crippen LogP contribution in [-0.4, -0.2) is 73.2 Å². The molecule has 4 atom stereocenters. The number of nitrogens with two attached hydrogens (primary N) is 1. The first-order valence-corrected chi connectivity index (χ1v) is 20.0. The Morgan fingerprint density at radius 1 is 1.14 bits per heavy atom. The normalized spacial score (nSPS) is 30.9. The summed E-state index contributed by atoms with van der Waals surface area (Å²) in [6.45, 7) is 23.2. The van der Waals surface area contributed by atoms with Crippen molar-refractivity contribution in [2.24, 2.45) is 5.73 Å². The Hall–Kier alpha value is -1.23. The highest BCUT2D eigenvalue weighted by molar-refractivity contribution is 7.90. The number of nitrogens with zero attached hydrogens (tertiary/aromatic N) is 1. The lowest BCUT2D eigenvalue weighted by atomic mass is 9.89. The van der Waals surface area contributed by atoms with Gasteiger partial charge in [0.05, 0.1) is 17.7 Å². The monoisotopic (exact) mass is 575 g/mol. The highest BCUT2D eigenvalue weighted by Crippen LogP contribution is 2.50. The summed E-state index contributed by atoms with van der Waals surface area (Å²) in [6, 6.07) is -0.371. The van der Waals surface area contributed by atoms with E-state index in [1.165, 1.54) is 4.90 Å². The predicted octanol–water partition coefficient (Wildman–Crippen LogP) is 3.95. The van der Waals surface area contributed by atoms with Crippen molar-refractivity contribution < 1.29 is 31.0 Å². The Morgan fingerprint density at radius 3 is 2.19 bits per heavy atom. The topological polar surface area (TPSA) is 129 Å². The van der Waals surface area contributed by atoms with Gasteiger partial charge in [-0.15, -0.1) is 0 Å². The number of hydrogen-bond donors (Lipinski definition) is 2. The Labute approximate surface area is 224 Å². The molecular weight excluding hydrogens is 531 g/mol. The third-order valence-corrected chi connectivity index (χ3v) is 18.5. The van der Waals surface area contributed by atoms with E-state index in [9.17, 15) is 13.2 Å². The SMILES string of the molecule is CC1=CN([C@@H]2O[C@H](CO[Si](C)(C)C(C)(C)C)C3(OS(=O)(=O)C=C3N)[C@H]2O[Si](C)(C)C(C)(C)C)C(=O)NC1. The number of carbonyl (C=O) groups is 1. The molecule has 13 heteroatoms. The van der Waals surface area contributed by atoms with E-state index in [2.05, 4.69) is 73.0 Å². The quantitative estimate of drug-likeness (QED) is 0.360. The van der Waals surface area contributed by atoms with E-state index >= 15 is 0 Å². The molecule has 1 spiro atoms. The second-order valence-electron chi connectivity index (χ2n) is 13.4. The van der Waals surface area contributed by atoms with Crippen molar-refractivity contribution in [1.82, 2.24) is 10.2 Å². The average molecular weight is 576 g/mol. The van der Waals surface area contributed by atoms with Gasteiger partial charge < -0.3 is 24.6 Å². The Balaban J connectivity index is 2.16. The molecule has 3 N–H and O–H groups in total. The van der Waals surface area contributed by atoms with E-state index in [0.717, 1.165) is 11.0 Å². The van der Waals surface area contributed by atoms with Gasteiger partial charge in [-0.25, -0.2) is 8.98 Å². The Kier molecular flexibility index (Phi) is 7.75. The van der Waals surface area contributed by atoms with Crippen LogP contribution in [0.4, 0.5) is 4.79 Å². The molecule has 3 rings (SSSR count). The van der Waals surface area contributed by atoms with Gasteiger partial charge in [0.1, 0.15) is 12.2 Å². The molecule has 37 heavy (non-hydrogen) atoms. The van der Waals surface area contributed by atoms with Gasteiger partial charge in [-0.3, -0.25) is 4.90 Å². The van der Waals surface area contributed by atoms with Gasteiger partial charge >= 0.3 is 6.03 Å². The molecule has 1 saturated heterocycles. The first-order chi connectivity index (χ1) is 16.5. The van der Waals surface area contributed by atoms with Crippen molar-refractivity contribution in [3.8, 4) is 0 Å². The van der Waals surface area contributed by atoms with Crippen molar-refractivity contribution in [2.75, 3.05) is 13.2 Å². The van der Waals surface area contributed by atoms with Gasteiger partial charge in [0.25, 0.3) is 10.1 Å². The minimum Gasteiger partial charge on any atom is -0.414 e. The number of hydrogen-bond acceptors (Lipinski definition) is 8. The molecule has 0 aromatic rings. The molecule has 3 aliphatic rings. The summed E-state index contributed by atoms with van der Waals surface area (Å²) in [6.07, 6.45) is -1.22. The molecule has 0 saturated carbocycles. The summed E-state index contributed by atoms with van der Waals surface area (Å²) in [4.78, 5) is 14.4. The van der Waals surface area contributed by atoms with Crippen molar-refractivity contribution in [1.29, 1.82) is 0 Å². The zero-order chi connectivity index (χ0) is 28.4. The van der Waals surface area contributed by atoms with Crippen molar-refractivity contribution in [2.45, 2.75) is 109 Å². The van der Waals surface area contributed by atoms with Crippen molar-refractivity contribution in [3.63, 3.8) is 0 Å². The largest absolute Gasteiger partial charge is 0.414 e. The second kappa shape index (κ2) is 9.45. The lowest BCUT2D eigenvalue weighted by Gasteiger charge is -2.44. The van der Waals surface area contributed by atoms with Gasteiger partial charge in [-0.2, -0.15) is 8.42 Å². The van der Waals surface area contributed by atoms with Gasteiger partial charge in [0.15, 0.2) is 28.5 Å². The summed E-state index contributed by atoms with van der Waals surface area (Å²) in [5, 5.41) is 3.45. The fraction of sp³-hybridized carbons (Fsp3) is 0.792. The standard InChI is InChI=1S/C24H45N3O7SSi2/c1-16-12-26-21(28)27(13-16)20-19(33-37(10,11)23(5,6)7)24(17(25)15-35(29,30)34-24)18(32-20)14-31-36(8,9)22(2,3)4/h13,15,18-20H,12,14,25H2,1-11H3,(H,26,28)/t18-,19+,20-,24?/m1/s1. The molecule has 0 radical (unpaired) electrons. The maximum Gasteiger partial charge on any atom is 0.323 e. The lowest BCUT2D eigenvalue weighted by Crippen LogP contribution is -2.61. The van der Waals surface area contributed by atoms with Crippen LogP contribution in [0.15, 0.2) is 22.9 Å². The highest BCUT2D eigenvalue weighted by atomic mass is 32.2. The number of nitrogens with one attached hydrogen (secondary N) is 1. The van der Waals surface area contributed by atoms with E-state index in [0.29, 0.717) is 6.54 Å². The maximum absolute atomic E-state index is 13.0. The van der Waals surface area contributed by atoms with Gasteiger partial charge in [-0.05, 0) is 48.8 Å². The number of carbonyl (C=O) groups excluding carboxylic acids is 1. The number of urea groups is 1. The van der Waals surface area contributed by atoms with Crippen LogP contribution in [0.5, 0.6) is 0 Å². The fourth-order valence-electron chi connectivity index (χ4n) is 4.05. The minimum atomic E-state index is -4.12. The van der Waals surface area contributed by atoms with E-state index in [1.807, 2.05) is 6.92 Å². The van der Waals surface area contributed by atoms with Crippen LogP contribution >= 0.6 is 0 Å². The maximum atomic E-state index is 13.0. The van der Waals surface area contributed by atoms with Gasteiger partial charge in [0, 0.05) is 12.7 Å². The molecule has 1 fully saturated rings. The molecule has 3 aliphatic heterocycles. The molecular formula is C24H45N3O7SSi2. The summed E-state index contributed by atoms with van der Waals surface area (Å²) < 4.78 is 51.3. The Bertz CT molecular complexity index is 1090. The zero-order valence-corrected chi connectivity index (χ0v) is 26.9. The molecule has 0 aliphatic carbocycles. The summed E-state index contributed by atoms with van der Waals surface area (Å²) in [7, 11) is -8.93. The van der Waals surface area contributed by atoms with Crippen LogP contribution in [0.1, 0.15) is 48.5 Å². The molecule has 2 amide bonds. The predicted molar refractivity (Wildman–Crippen MR) is 148 cm³/mol. The zero-order valence-electron chi connectivity index (χ0n) is 24.1. The molecule has 0 aromatic heterocycles. The third kappa shape index (κ3) is 5.59. The van der Waals surface area contributed by atoms with Crippen LogP contribution in [-0.2, 0) is 27.9 Å². The van der Waals surface area contributed by atoms with Gasteiger partial charge in [0.2, 0.25) is 0 Å². The van der Waals surface area contributed by atoms with Crippen LogP contribution in [0.2, 0.25) is 36.3 Å². The number of rotatable bonds is 6. The highest BCUT2D eigenvalue weighted by Gasteiger charge is 2.68. The fourth-order valence-corrected chi connectivity index (χ4v) is 7.56. The smallest absolute Gasteiger partial charge is 0.323 e. The van der Waals surface area contributed by atoms with Crippen LogP contribution in [0.3, 0.4) is 0 Å². The van der Waals surface area contributed by atoms with Gasteiger partial charge in [-0.1, -0.05) is 41.5 Å². The van der Waals surface area contributed by atoms with E-state index in [1.54, 1.807) is 6.20 Å². The van der Waals surface area contributed by atoms with Crippen LogP contribution in [0.25, 0.3) is 0 Å². The van der Waals surface area contributed by atoms with Crippen molar-refractivity contribution in [3.05, 3.63) is 22.9 Å². The molecule has 0 aromatic carbocycles. The van der Waals surface area contributed by atoms with E-state index in [-0.39, 0.29) is 28.4 Å². The van der Waals surface area contributed by atoms with E-state index in [4.69, 9.17) is 23.5 Å². The molecule has 10 nitrogen and oxygen atoms in total. The van der Waals surface area contributed by atoms with Crippen molar-refractivity contribution >= 4 is 32.8 Å².